The molecule has 5 rings (SSSR count). The minimum atomic E-state index is -0.538. The quantitative estimate of drug-likeness (QED) is 0.391. The van der Waals surface area contributed by atoms with Crippen molar-refractivity contribution in [3.63, 3.8) is 0 Å². The Kier molecular flexibility index (Phi) is 6.64. The summed E-state index contributed by atoms with van der Waals surface area (Å²) in [4.78, 5) is 26.6. The first kappa shape index (κ1) is 24.1. The molecule has 0 radical (unpaired) electrons. The van der Waals surface area contributed by atoms with Crippen LogP contribution in [0.3, 0.4) is 0 Å². The van der Waals surface area contributed by atoms with Gasteiger partial charge in [-0.3, -0.25) is 9.59 Å². The van der Waals surface area contributed by atoms with E-state index in [1.165, 1.54) is 0 Å². The maximum Gasteiger partial charge on any atom is 0.263 e. The van der Waals surface area contributed by atoms with Crippen LogP contribution in [0.2, 0.25) is 0 Å². The van der Waals surface area contributed by atoms with Gasteiger partial charge >= 0.3 is 0 Å². The van der Waals surface area contributed by atoms with Gasteiger partial charge in [-0.2, -0.15) is 10.4 Å². The van der Waals surface area contributed by atoms with Crippen LogP contribution >= 0.6 is 0 Å². The van der Waals surface area contributed by atoms with Gasteiger partial charge in [-0.1, -0.05) is 24.8 Å². The van der Waals surface area contributed by atoms with Crippen molar-refractivity contribution in [1.29, 1.82) is 5.26 Å². The molecule has 3 aromatic rings. The number of benzene rings is 2. The largest absolute Gasteiger partial charge is 0.457 e. The number of carbonyl (C=O) groups excluding carboxylic acids is 2. The highest BCUT2D eigenvalue weighted by atomic mass is 16.5. The molecule has 1 fully saturated rings. The van der Waals surface area contributed by atoms with Crippen LogP contribution in [-0.4, -0.2) is 46.1 Å². The molecule has 1 atom stereocenters. The number of ether oxygens (including phenoxy) is 1. The molecular weight excluding hydrogens is 468 g/mol. The summed E-state index contributed by atoms with van der Waals surface area (Å²) < 4.78 is 7.80. The van der Waals surface area contributed by atoms with Crippen molar-refractivity contribution in [2.45, 2.75) is 25.3 Å². The minimum Gasteiger partial charge on any atom is -0.457 e. The number of anilines is 1. The molecule has 37 heavy (non-hydrogen) atoms. The number of nitrogens with zero attached hydrogens (tertiary/aromatic N) is 4. The van der Waals surface area contributed by atoms with E-state index >= 15 is 0 Å². The second-order valence-corrected chi connectivity index (χ2v) is 9.32. The lowest BCUT2D eigenvalue weighted by atomic mass is 9.86. The van der Waals surface area contributed by atoms with Crippen molar-refractivity contribution < 1.29 is 14.3 Å². The van der Waals surface area contributed by atoms with Gasteiger partial charge in [0.2, 0.25) is 0 Å². The highest BCUT2D eigenvalue weighted by Crippen LogP contribution is 2.40. The lowest BCUT2D eigenvalue weighted by Gasteiger charge is -2.38. The number of primary amides is 1. The molecule has 3 N–H and O–H groups in total. The molecule has 1 aromatic heterocycles. The van der Waals surface area contributed by atoms with E-state index in [9.17, 15) is 9.59 Å². The lowest BCUT2D eigenvalue weighted by molar-refractivity contribution is -0.128. The third kappa shape index (κ3) is 4.78. The molecule has 3 heterocycles. The van der Waals surface area contributed by atoms with Gasteiger partial charge in [0.05, 0.1) is 6.04 Å². The number of para-hydroxylation sites is 1. The molecule has 1 saturated heterocycles. The van der Waals surface area contributed by atoms with Gasteiger partial charge in [0.25, 0.3) is 11.8 Å². The SMILES string of the molecule is C=C(C#N)C(=O)N1CCC([C@@H]2CCNc3c(C(N)=O)c(-c4ccc(Oc5ccccc5)cc4)nn32)CC1. The monoisotopic (exact) mass is 496 g/mol. The molecule has 0 unspecified atom stereocenters. The van der Waals surface area contributed by atoms with Crippen molar-refractivity contribution in [3.05, 3.63) is 72.3 Å². The summed E-state index contributed by atoms with van der Waals surface area (Å²) >= 11 is 0. The molecule has 0 spiro atoms. The zero-order valence-corrected chi connectivity index (χ0v) is 20.4. The zero-order valence-electron chi connectivity index (χ0n) is 20.4. The predicted molar refractivity (Wildman–Crippen MR) is 139 cm³/mol. The number of nitrogens with two attached hydrogens (primary N) is 1. The maximum atomic E-state index is 12.6. The Morgan fingerprint density at radius 3 is 2.38 bits per heavy atom. The van der Waals surface area contributed by atoms with Crippen molar-refractivity contribution in [1.82, 2.24) is 14.7 Å². The molecule has 0 saturated carbocycles. The number of nitriles is 1. The van der Waals surface area contributed by atoms with Crippen LogP contribution < -0.4 is 15.8 Å². The maximum absolute atomic E-state index is 12.6. The number of amides is 2. The van der Waals surface area contributed by atoms with E-state index in [2.05, 4.69) is 11.9 Å². The fourth-order valence-corrected chi connectivity index (χ4v) is 5.21. The van der Waals surface area contributed by atoms with E-state index in [1.807, 2.05) is 65.3 Å². The Morgan fingerprint density at radius 1 is 1.05 bits per heavy atom. The first-order valence-corrected chi connectivity index (χ1v) is 12.3. The van der Waals surface area contributed by atoms with E-state index < -0.39 is 5.91 Å². The third-order valence-corrected chi connectivity index (χ3v) is 7.07. The Hall–Kier alpha value is -4.58. The van der Waals surface area contributed by atoms with Gasteiger partial charge in [-0.15, -0.1) is 0 Å². The zero-order chi connectivity index (χ0) is 25.9. The first-order valence-electron chi connectivity index (χ1n) is 12.3. The smallest absolute Gasteiger partial charge is 0.263 e. The van der Waals surface area contributed by atoms with Crippen molar-refractivity contribution in [2.24, 2.45) is 11.7 Å². The number of rotatable bonds is 6. The number of nitrogens with one attached hydrogen (secondary N) is 1. The number of hydrogen-bond acceptors (Lipinski definition) is 6. The van der Waals surface area contributed by atoms with Gasteiger partial charge in [0.15, 0.2) is 0 Å². The van der Waals surface area contributed by atoms with Gasteiger partial charge in [-0.25, -0.2) is 4.68 Å². The second-order valence-electron chi connectivity index (χ2n) is 9.32. The molecular formula is C28H28N6O3. The van der Waals surface area contributed by atoms with Gasteiger partial charge in [0, 0.05) is 25.2 Å². The van der Waals surface area contributed by atoms with Gasteiger partial charge in [0.1, 0.15) is 40.2 Å². The molecule has 9 heteroatoms. The third-order valence-electron chi connectivity index (χ3n) is 7.07. The summed E-state index contributed by atoms with van der Waals surface area (Å²) in [7, 11) is 0. The standard InChI is InChI=1S/C28H28N6O3/c1-18(17-29)28(36)33-15-12-19(13-16-33)23-11-14-31-27-24(26(30)35)25(32-34(23)27)20-7-9-22(10-8-20)37-21-5-3-2-4-6-21/h2-10,19,23,31H,1,11-16H2,(H2,30,35)/t23-/m0/s1. The summed E-state index contributed by atoms with van der Waals surface area (Å²) in [5.41, 5.74) is 7.48. The Labute approximate surface area is 215 Å². The average molecular weight is 497 g/mol. The van der Waals surface area contributed by atoms with E-state index in [4.69, 9.17) is 20.8 Å². The minimum absolute atomic E-state index is 0.0365. The highest BCUT2D eigenvalue weighted by Gasteiger charge is 2.36. The van der Waals surface area contributed by atoms with Crippen LogP contribution in [0, 0.1) is 17.2 Å². The number of fused-ring (bicyclic) bond motifs is 1. The summed E-state index contributed by atoms with van der Waals surface area (Å²) in [6.45, 7) is 5.36. The summed E-state index contributed by atoms with van der Waals surface area (Å²) in [6, 6.07) is 18.9. The fraction of sp³-hybridized carbons (Fsp3) is 0.286. The predicted octanol–water partition coefficient (Wildman–Crippen LogP) is 4.12. The molecule has 0 aliphatic carbocycles. The van der Waals surface area contributed by atoms with Crippen LogP contribution in [0.1, 0.15) is 35.7 Å². The van der Waals surface area contributed by atoms with E-state index in [0.717, 1.165) is 30.6 Å². The fourth-order valence-electron chi connectivity index (χ4n) is 5.21. The first-order chi connectivity index (χ1) is 18.0. The lowest BCUT2D eigenvalue weighted by Crippen LogP contribution is -2.42. The summed E-state index contributed by atoms with van der Waals surface area (Å²) in [5.74, 6) is 1.49. The highest BCUT2D eigenvalue weighted by molar-refractivity contribution is 6.04. The van der Waals surface area contributed by atoms with Gasteiger partial charge < -0.3 is 20.7 Å². The molecule has 188 valence electrons. The normalized spacial score (nSPS) is 17.3. The van der Waals surface area contributed by atoms with E-state index in [0.29, 0.717) is 42.5 Å². The summed E-state index contributed by atoms with van der Waals surface area (Å²) in [6.07, 6.45) is 2.40. The molecule has 2 aromatic carbocycles. The Balaban J connectivity index is 1.39. The van der Waals surface area contributed by atoms with Crippen molar-refractivity contribution in [3.8, 4) is 28.8 Å². The van der Waals surface area contributed by atoms with Crippen LogP contribution in [0.25, 0.3) is 11.3 Å². The van der Waals surface area contributed by atoms with Crippen LogP contribution in [0.4, 0.5) is 5.82 Å². The molecule has 0 bridgehead atoms. The van der Waals surface area contributed by atoms with Crippen LogP contribution in [-0.2, 0) is 4.79 Å². The number of likely N-dealkylation sites (tertiary alicyclic amines) is 1. The Bertz CT molecular complexity index is 1370. The van der Waals surface area contributed by atoms with Crippen molar-refractivity contribution in [2.75, 3.05) is 25.0 Å². The van der Waals surface area contributed by atoms with Crippen LogP contribution in [0.5, 0.6) is 11.5 Å². The average Bonchev–Trinajstić information content (AvgIpc) is 3.33. The molecule has 2 amide bonds. The molecule has 2 aliphatic rings. The number of piperidine rings is 1. The number of aromatic nitrogens is 2. The second kappa shape index (κ2) is 10.2. The van der Waals surface area contributed by atoms with E-state index in [-0.39, 0.29) is 23.4 Å². The molecule has 9 nitrogen and oxygen atoms in total. The van der Waals surface area contributed by atoms with Crippen molar-refractivity contribution >= 4 is 17.6 Å². The topological polar surface area (TPSA) is 126 Å². The summed E-state index contributed by atoms with van der Waals surface area (Å²) in [5, 5.41) is 17.2. The van der Waals surface area contributed by atoms with Crippen LogP contribution in [0.15, 0.2) is 66.7 Å². The molecule has 2 aliphatic heterocycles. The Morgan fingerprint density at radius 2 is 1.73 bits per heavy atom. The number of hydrogen-bond donors (Lipinski definition) is 2. The van der Waals surface area contributed by atoms with E-state index in [1.54, 1.807) is 4.90 Å². The van der Waals surface area contributed by atoms with Gasteiger partial charge in [-0.05, 0) is 61.6 Å². The number of carbonyl (C=O) groups is 2.